The lowest BCUT2D eigenvalue weighted by molar-refractivity contribution is -0.117. The average molecular weight is 203 g/mol. The van der Waals surface area contributed by atoms with Gasteiger partial charge < -0.3 is 4.74 Å². The van der Waals surface area contributed by atoms with Crippen molar-refractivity contribution in [1.29, 1.82) is 5.26 Å². The highest BCUT2D eigenvalue weighted by atomic mass is 16.5. The Morgan fingerprint density at radius 3 is 2.80 bits per heavy atom. The van der Waals surface area contributed by atoms with E-state index in [9.17, 15) is 4.79 Å². The van der Waals surface area contributed by atoms with Gasteiger partial charge in [-0.2, -0.15) is 5.26 Å². The molecule has 0 unspecified atom stereocenters. The molecule has 0 heterocycles. The number of hydrogen-bond acceptors (Lipinski definition) is 3. The fourth-order valence-corrected chi connectivity index (χ4v) is 1.36. The van der Waals surface area contributed by atoms with Crippen LogP contribution >= 0.6 is 0 Å². The molecule has 0 saturated heterocycles. The lowest BCUT2D eigenvalue weighted by Gasteiger charge is -2.06. The van der Waals surface area contributed by atoms with E-state index in [0.29, 0.717) is 6.42 Å². The zero-order chi connectivity index (χ0) is 11.3. The first kappa shape index (κ1) is 11.3. The number of methoxy groups -OCH3 is 1. The molecule has 78 valence electrons. The number of rotatable bonds is 4. The molecule has 0 radical (unpaired) electrons. The Labute approximate surface area is 89.3 Å². The number of nitriles is 1. The van der Waals surface area contributed by atoms with Gasteiger partial charge in [-0.25, -0.2) is 0 Å². The van der Waals surface area contributed by atoms with Gasteiger partial charge in [-0.1, -0.05) is 6.07 Å². The molecular weight excluding hydrogens is 190 g/mol. The van der Waals surface area contributed by atoms with E-state index < -0.39 is 0 Å². The largest absolute Gasteiger partial charge is 0.497 e. The third-order valence-corrected chi connectivity index (χ3v) is 2.21. The van der Waals surface area contributed by atoms with Gasteiger partial charge in [-0.05, 0) is 30.2 Å². The molecule has 0 aliphatic rings. The average Bonchev–Trinajstić information content (AvgIpc) is 2.21. The quantitative estimate of drug-likeness (QED) is 0.752. The summed E-state index contributed by atoms with van der Waals surface area (Å²) in [7, 11) is 1.61. The maximum Gasteiger partial charge on any atom is 0.151 e. The molecule has 0 fully saturated rings. The van der Waals surface area contributed by atoms with Crippen LogP contribution in [0.4, 0.5) is 0 Å². The van der Waals surface area contributed by atoms with Gasteiger partial charge in [0, 0.05) is 6.42 Å². The van der Waals surface area contributed by atoms with E-state index in [1.54, 1.807) is 7.11 Å². The van der Waals surface area contributed by atoms with E-state index in [0.717, 1.165) is 16.9 Å². The van der Waals surface area contributed by atoms with Crippen molar-refractivity contribution in [2.24, 2.45) is 0 Å². The van der Waals surface area contributed by atoms with Crippen LogP contribution in [-0.2, 0) is 11.2 Å². The monoisotopic (exact) mass is 203 g/mol. The summed E-state index contributed by atoms with van der Waals surface area (Å²) < 4.78 is 5.07. The number of aryl methyl sites for hydroxylation is 1. The normalized spacial score (nSPS) is 9.40. The molecule has 0 aliphatic heterocycles. The maximum absolute atomic E-state index is 11.3. The van der Waals surface area contributed by atoms with Crippen molar-refractivity contribution in [3.63, 3.8) is 0 Å². The highest BCUT2D eigenvalue weighted by molar-refractivity contribution is 5.83. The first-order valence-electron chi connectivity index (χ1n) is 4.69. The second kappa shape index (κ2) is 5.16. The second-order valence-electron chi connectivity index (χ2n) is 3.34. The number of hydrogen-bond donors (Lipinski definition) is 0. The molecule has 0 spiro atoms. The predicted molar refractivity (Wildman–Crippen MR) is 56.7 cm³/mol. The molecule has 1 rings (SSSR count). The van der Waals surface area contributed by atoms with Crippen molar-refractivity contribution in [2.75, 3.05) is 7.11 Å². The summed E-state index contributed by atoms with van der Waals surface area (Å²) >= 11 is 0. The second-order valence-corrected chi connectivity index (χ2v) is 3.34. The fraction of sp³-hybridized carbons (Fsp3) is 0.333. The van der Waals surface area contributed by atoms with Crippen LogP contribution in [0.2, 0.25) is 0 Å². The lowest BCUT2D eigenvalue weighted by atomic mass is 10.0. The highest BCUT2D eigenvalue weighted by Gasteiger charge is 2.06. The maximum atomic E-state index is 11.3. The zero-order valence-corrected chi connectivity index (χ0v) is 8.91. The summed E-state index contributed by atoms with van der Waals surface area (Å²) in [4.78, 5) is 11.3. The Balaban J connectivity index is 2.79. The van der Waals surface area contributed by atoms with Crippen molar-refractivity contribution < 1.29 is 9.53 Å². The first-order chi connectivity index (χ1) is 7.17. The minimum absolute atomic E-state index is 0.0224. The molecule has 1 aromatic carbocycles. The van der Waals surface area contributed by atoms with Crippen LogP contribution in [0.3, 0.4) is 0 Å². The van der Waals surface area contributed by atoms with Crippen LogP contribution in [0, 0.1) is 18.3 Å². The third-order valence-electron chi connectivity index (χ3n) is 2.21. The van der Waals surface area contributed by atoms with Gasteiger partial charge in [-0.15, -0.1) is 0 Å². The lowest BCUT2D eigenvalue weighted by Crippen LogP contribution is -2.02. The number of nitrogens with zero attached hydrogens (tertiary/aromatic N) is 1. The van der Waals surface area contributed by atoms with Crippen LogP contribution in [0.25, 0.3) is 0 Å². The summed E-state index contributed by atoms with van der Waals surface area (Å²) in [6.07, 6.45) is 0.300. The molecule has 0 atom stereocenters. The van der Waals surface area contributed by atoms with Crippen LogP contribution in [0.1, 0.15) is 17.5 Å². The van der Waals surface area contributed by atoms with E-state index in [1.807, 2.05) is 31.2 Å². The molecule has 0 bridgehead atoms. The van der Waals surface area contributed by atoms with Crippen molar-refractivity contribution in [3.8, 4) is 11.8 Å². The number of ketones is 1. The van der Waals surface area contributed by atoms with Gasteiger partial charge in [0.25, 0.3) is 0 Å². The van der Waals surface area contributed by atoms with Crippen molar-refractivity contribution in [1.82, 2.24) is 0 Å². The molecule has 0 saturated carbocycles. The fourth-order valence-electron chi connectivity index (χ4n) is 1.36. The number of benzene rings is 1. The van der Waals surface area contributed by atoms with Gasteiger partial charge in [0.15, 0.2) is 5.78 Å². The molecule has 0 aliphatic carbocycles. The topological polar surface area (TPSA) is 50.1 Å². The number of carbonyl (C=O) groups is 1. The van der Waals surface area contributed by atoms with E-state index in [2.05, 4.69) is 0 Å². The molecule has 15 heavy (non-hydrogen) atoms. The van der Waals surface area contributed by atoms with Crippen molar-refractivity contribution >= 4 is 5.78 Å². The highest BCUT2D eigenvalue weighted by Crippen LogP contribution is 2.17. The Bertz CT molecular complexity index is 405. The van der Waals surface area contributed by atoms with Gasteiger partial charge in [0.1, 0.15) is 5.75 Å². The van der Waals surface area contributed by atoms with Gasteiger partial charge >= 0.3 is 0 Å². The van der Waals surface area contributed by atoms with Crippen LogP contribution in [0.15, 0.2) is 18.2 Å². The molecule has 3 nitrogen and oxygen atoms in total. The van der Waals surface area contributed by atoms with E-state index >= 15 is 0 Å². The van der Waals surface area contributed by atoms with Crippen molar-refractivity contribution in [3.05, 3.63) is 29.3 Å². The SMILES string of the molecule is COc1ccc(CC(=O)CC#N)c(C)c1. The number of Topliss-reactive ketones (excluding diaryl/α,β-unsaturated/α-hetero) is 1. The zero-order valence-electron chi connectivity index (χ0n) is 8.91. The first-order valence-corrected chi connectivity index (χ1v) is 4.69. The molecule has 0 N–H and O–H groups in total. The standard InChI is InChI=1S/C12H13NO2/c1-9-7-12(15-2)4-3-10(9)8-11(14)5-6-13/h3-4,7H,5,8H2,1-2H3. The predicted octanol–water partition coefficient (Wildman–Crippen LogP) is 2.03. The van der Waals surface area contributed by atoms with Gasteiger partial charge in [0.05, 0.1) is 19.6 Å². The third kappa shape index (κ3) is 3.10. The molecule has 0 aromatic heterocycles. The summed E-state index contributed by atoms with van der Waals surface area (Å²) in [5.74, 6) is 0.731. The Hall–Kier alpha value is -1.82. The molecule has 3 heteroatoms. The van der Waals surface area contributed by atoms with E-state index in [4.69, 9.17) is 10.00 Å². The summed E-state index contributed by atoms with van der Waals surface area (Å²) in [6, 6.07) is 7.43. The summed E-state index contributed by atoms with van der Waals surface area (Å²) in [5.41, 5.74) is 1.97. The van der Waals surface area contributed by atoms with Crippen LogP contribution < -0.4 is 4.74 Å². The molecule has 1 aromatic rings. The Morgan fingerprint density at radius 2 is 2.27 bits per heavy atom. The smallest absolute Gasteiger partial charge is 0.151 e. The number of carbonyl (C=O) groups excluding carboxylic acids is 1. The summed E-state index contributed by atoms with van der Waals surface area (Å²) in [5, 5.41) is 8.38. The molecular formula is C12H13NO2. The van der Waals surface area contributed by atoms with Crippen LogP contribution in [-0.4, -0.2) is 12.9 Å². The van der Waals surface area contributed by atoms with E-state index in [-0.39, 0.29) is 12.2 Å². The van der Waals surface area contributed by atoms with Crippen molar-refractivity contribution in [2.45, 2.75) is 19.8 Å². The van der Waals surface area contributed by atoms with Crippen LogP contribution in [0.5, 0.6) is 5.75 Å². The number of ether oxygens (including phenoxy) is 1. The van der Waals surface area contributed by atoms with E-state index in [1.165, 1.54) is 0 Å². The van der Waals surface area contributed by atoms with Gasteiger partial charge in [-0.3, -0.25) is 4.79 Å². The molecule has 0 amide bonds. The summed E-state index contributed by atoms with van der Waals surface area (Å²) in [6.45, 7) is 1.93. The minimum Gasteiger partial charge on any atom is -0.497 e. The Morgan fingerprint density at radius 1 is 1.53 bits per heavy atom. The Kier molecular flexibility index (Phi) is 3.87. The van der Waals surface area contributed by atoms with Gasteiger partial charge in [0.2, 0.25) is 0 Å². The minimum atomic E-state index is -0.0502.